The van der Waals surface area contributed by atoms with Crippen LogP contribution in [0.2, 0.25) is 0 Å². The summed E-state index contributed by atoms with van der Waals surface area (Å²) in [6, 6.07) is 3.60. The lowest BCUT2D eigenvalue weighted by atomic mass is 9.92. The molecule has 0 saturated carbocycles. The molecule has 1 N–H and O–H groups in total. The Morgan fingerprint density at radius 1 is 1.19 bits per heavy atom. The first-order chi connectivity index (χ1) is 12.9. The molecule has 1 aliphatic heterocycles. The minimum Gasteiger partial charge on any atom is -0.308 e. The van der Waals surface area contributed by atoms with Crippen LogP contribution in [0.5, 0.6) is 0 Å². The number of likely N-dealkylation sites (tertiary alicyclic amines) is 1. The first-order valence-electron chi connectivity index (χ1n) is 8.68. The number of nitrogens with zero attached hydrogens (tertiary/aromatic N) is 5. The van der Waals surface area contributed by atoms with Crippen LogP contribution in [-0.4, -0.2) is 56.8 Å². The maximum Gasteiger partial charge on any atom is 0.263 e. The number of carbonyl (C=O) groups is 1. The van der Waals surface area contributed by atoms with Crippen LogP contribution in [-0.2, 0) is 4.79 Å². The molecule has 1 aliphatic rings. The molecule has 140 valence electrons. The molecular weight excluding hydrogens is 367 g/mol. The summed E-state index contributed by atoms with van der Waals surface area (Å²) in [5.41, 5.74) is -1.15. The van der Waals surface area contributed by atoms with E-state index in [0.717, 1.165) is 20.8 Å². The monoisotopic (exact) mass is 386 g/mol. The molecule has 0 aliphatic carbocycles. The first-order valence-corrected chi connectivity index (χ1v) is 9.50. The Morgan fingerprint density at radius 3 is 2.63 bits per heavy atom. The molecule has 7 nitrogen and oxygen atoms in total. The van der Waals surface area contributed by atoms with Crippen LogP contribution < -0.4 is 5.32 Å². The molecule has 27 heavy (non-hydrogen) atoms. The van der Waals surface area contributed by atoms with Crippen molar-refractivity contribution in [1.29, 1.82) is 0 Å². The number of halogens is 1. The van der Waals surface area contributed by atoms with E-state index in [1.807, 2.05) is 24.9 Å². The van der Waals surface area contributed by atoms with Crippen molar-refractivity contribution >= 4 is 33.8 Å². The third-order valence-corrected chi connectivity index (χ3v) is 5.64. The summed E-state index contributed by atoms with van der Waals surface area (Å²) in [7, 11) is 1.92. The molecule has 1 saturated heterocycles. The zero-order valence-electron chi connectivity index (χ0n) is 15.1. The maximum atomic E-state index is 14.9. The van der Waals surface area contributed by atoms with E-state index in [2.05, 4.69) is 25.5 Å². The molecule has 4 rings (SSSR count). The number of hydrogen-bond acceptors (Lipinski definition) is 7. The third kappa shape index (κ3) is 3.65. The summed E-state index contributed by atoms with van der Waals surface area (Å²) in [4.78, 5) is 23.1. The van der Waals surface area contributed by atoms with Crippen LogP contribution in [0.25, 0.3) is 21.5 Å². The zero-order chi connectivity index (χ0) is 19.0. The number of fused-ring (bicyclic) bond motifs is 1. The standard InChI is InChI=1S/C18H19FN6OS/c1-11-23-24-16(27-11)14-7-12-8-15(21-10-13(12)9-20-14)22-17(26)18(19)3-5-25(2)6-4-18/h7-10H,3-6H2,1-2H3,(H,21,22,26). The van der Waals surface area contributed by atoms with Crippen LogP contribution >= 0.6 is 11.3 Å². The normalized spacial score (nSPS) is 17.1. The number of hydrogen-bond donors (Lipinski definition) is 1. The molecule has 3 aromatic heterocycles. The summed E-state index contributed by atoms with van der Waals surface area (Å²) in [6.07, 6.45) is 3.70. The van der Waals surface area contributed by atoms with E-state index in [-0.39, 0.29) is 12.8 Å². The van der Waals surface area contributed by atoms with Gasteiger partial charge in [0.05, 0.1) is 0 Å². The number of amides is 1. The van der Waals surface area contributed by atoms with Crippen molar-refractivity contribution in [2.75, 3.05) is 25.5 Å². The molecule has 0 spiro atoms. The molecule has 1 amide bonds. The van der Waals surface area contributed by atoms with Crippen molar-refractivity contribution in [3.63, 3.8) is 0 Å². The van der Waals surface area contributed by atoms with Gasteiger partial charge >= 0.3 is 0 Å². The highest BCUT2D eigenvalue weighted by Crippen LogP contribution is 2.29. The second-order valence-electron chi connectivity index (χ2n) is 6.84. The molecule has 0 atom stereocenters. The maximum absolute atomic E-state index is 14.9. The average molecular weight is 386 g/mol. The highest BCUT2D eigenvalue weighted by Gasteiger charge is 2.41. The van der Waals surface area contributed by atoms with Gasteiger partial charge in [-0.15, -0.1) is 10.2 Å². The van der Waals surface area contributed by atoms with Gasteiger partial charge in [-0.25, -0.2) is 9.37 Å². The van der Waals surface area contributed by atoms with E-state index in [1.165, 1.54) is 11.3 Å². The van der Waals surface area contributed by atoms with Crippen LogP contribution in [0.4, 0.5) is 10.2 Å². The second-order valence-corrected chi connectivity index (χ2v) is 8.02. The van der Waals surface area contributed by atoms with Crippen molar-refractivity contribution < 1.29 is 9.18 Å². The molecular formula is C18H19FN6OS. The van der Waals surface area contributed by atoms with Crippen LogP contribution in [0.3, 0.4) is 0 Å². The van der Waals surface area contributed by atoms with Crippen LogP contribution in [0.15, 0.2) is 24.5 Å². The predicted molar refractivity (Wildman–Crippen MR) is 102 cm³/mol. The van der Waals surface area contributed by atoms with Gasteiger partial charge in [0.1, 0.15) is 16.5 Å². The van der Waals surface area contributed by atoms with Crippen molar-refractivity contribution in [3.05, 3.63) is 29.5 Å². The van der Waals surface area contributed by atoms with Crippen LogP contribution in [0, 0.1) is 6.92 Å². The minimum absolute atomic E-state index is 0.188. The summed E-state index contributed by atoms with van der Waals surface area (Å²) in [5, 5.41) is 14.0. The molecule has 1 fully saturated rings. The minimum atomic E-state index is -1.85. The van der Waals surface area contributed by atoms with Crippen LogP contribution in [0.1, 0.15) is 17.8 Å². The topological polar surface area (TPSA) is 83.9 Å². The fourth-order valence-corrected chi connectivity index (χ4v) is 3.71. The van der Waals surface area contributed by atoms with Crippen molar-refractivity contribution in [1.82, 2.24) is 25.1 Å². The number of carbonyl (C=O) groups excluding carboxylic acids is 1. The van der Waals surface area contributed by atoms with Gasteiger partial charge in [-0.1, -0.05) is 11.3 Å². The van der Waals surface area contributed by atoms with Gasteiger partial charge in [0.2, 0.25) is 0 Å². The average Bonchev–Trinajstić information content (AvgIpc) is 3.10. The zero-order valence-corrected chi connectivity index (χ0v) is 15.9. The van der Waals surface area contributed by atoms with Crippen molar-refractivity contribution in [3.8, 4) is 10.7 Å². The molecule has 0 unspecified atom stereocenters. The summed E-state index contributed by atoms with van der Waals surface area (Å²) in [6.45, 7) is 3.01. The summed E-state index contributed by atoms with van der Waals surface area (Å²) >= 11 is 1.46. The van der Waals surface area contributed by atoms with E-state index in [1.54, 1.807) is 18.5 Å². The Balaban J connectivity index is 1.58. The highest BCUT2D eigenvalue weighted by molar-refractivity contribution is 7.14. The van der Waals surface area contributed by atoms with Gasteiger partial charge in [0.15, 0.2) is 10.7 Å². The molecule has 0 radical (unpaired) electrons. The van der Waals surface area contributed by atoms with Gasteiger partial charge in [-0.2, -0.15) is 0 Å². The van der Waals surface area contributed by atoms with Gasteiger partial charge in [-0.05, 0) is 31.5 Å². The number of alkyl halides is 1. The van der Waals surface area contributed by atoms with Gasteiger partial charge in [0, 0.05) is 43.7 Å². The van der Waals surface area contributed by atoms with E-state index < -0.39 is 11.6 Å². The van der Waals surface area contributed by atoms with Gasteiger partial charge in [-0.3, -0.25) is 9.78 Å². The number of pyridine rings is 2. The quantitative estimate of drug-likeness (QED) is 0.745. The first kappa shape index (κ1) is 17.9. The van der Waals surface area contributed by atoms with Gasteiger partial charge < -0.3 is 10.2 Å². The number of aryl methyl sites for hydroxylation is 1. The largest absolute Gasteiger partial charge is 0.308 e. The van der Waals surface area contributed by atoms with Crippen molar-refractivity contribution in [2.24, 2.45) is 0 Å². The van der Waals surface area contributed by atoms with E-state index in [9.17, 15) is 9.18 Å². The molecule has 9 heteroatoms. The number of piperidine rings is 1. The Morgan fingerprint density at radius 2 is 1.93 bits per heavy atom. The van der Waals surface area contributed by atoms with Crippen molar-refractivity contribution in [2.45, 2.75) is 25.4 Å². The summed E-state index contributed by atoms with van der Waals surface area (Å²) in [5.74, 6) is -0.300. The second kappa shape index (κ2) is 6.90. The van der Waals surface area contributed by atoms with E-state index in [0.29, 0.717) is 24.6 Å². The SMILES string of the molecule is Cc1nnc(-c2cc3cc(NC(=O)C4(F)CCN(C)CC4)ncc3cn2)s1. The number of nitrogens with one attached hydrogen (secondary N) is 1. The Labute approximate surface area is 159 Å². The highest BCUT2D eigenvalue weighted by atomic mass is 32.1. The lowest BCUT2D eigenvalue weighted by Gasteiger charge is -2.33. The Kier molecular flexibility index (Phi) is 4.56. The van der Waals surface area contributed by atoms with E-state index in [4.69, 9.17) is 0 Å². The Hall–Kier alpha value is -2.52. The fraction of sp³-hybridized carbons (Fsp3) is 0.389. The molecule has 0 aromatic carbocycles. The third-order valence-electron chi connectivity index (χ3n) is 4.78. The lowest BCUT2D eigenvalue weighted by molar-refractivity contribution is -0.130. The van der Waals surface area contributed by atoms with Gasteiger partial charge in [0.25, 0.3) is 5.91 Å². The number of aromatic nitrogens is 4. The number of rotatable bonds is 3. The fourth-order valence-electron chi connectivity index (χ4n) is 3.05. The van der Waals surface area contributed by atoms with E-state index >= 15 is 0 Å². The predicted octanol–water partition coefficient (Wildman–Crippen LogP) is 2.83. The summed E-state index contributed by atoms with van der Waals surface area (Å²) < 4.78 is 14.9. The lowest BCUT2D eigenvalue weighted by Crippen LogP contribution is -2.47. The molecule has 3 aromatic rings. The molecule has 4 heterocycles. The Bertz CT molecular complexity index is 998. The molecule has 0 bridgehead atoms. The smallest absolute Gasteiger partial charge is 0.263 e. The number of anilines is 1.